The van der Waals surface area contributed by atoms with Crippen LogP contribution in [0, 0.1) is 0 Å². The van der Waals surface area contributed by atoms with Crippen LogP contribution in [0.1, 0.15) is 19.8 Å². The summed E-state index contributed by atoms with van der Waals surface area (Å²) in [7, 11) is 0. The predicted octanol–water partition coefficient (Wildman–Crippen LogP) is -2.71. The van der Waals surface area contributed by atoms with Gasteiger partial charge in [-0.05, 0) is 12.8 Å². The van der Waals surface area contributed by atoms with Gasteiger partial charge in [0.1, 0.15) is 0 Å². The average Bonchev–Trinajstić information content (AvgIpc) is 2.08. The van der Waals surface area contributed by atoms with Crippen LogP contribution in [-0.4, -0.2) is 30.4 Å². The summed E-state index contributed by atoms with van der Waals surface area (Å²) in [6.07, 6.45) is 0.690. The first-order chi connectivity index (χ1) is 6.93. The lowest BCUT2D eigenvalue weighted by molar-refractivity contribution is -0.308. The van der Waals surface area contributed by atoms with Gasteiger partial charge in [-0.15, -0.1) is 0 Å². The number of hydrogen-bond acceptors (Lipinski definition) is 4. The van der Waals surface area contributed by atoms with Crippen LogP contribution < -0.4 is 21.9 Å². The zero-order chi connectivity index (χ0) is 11.8. The van der Waals surface area contributed by atoms with Crippen LogP contribution in [0.4, 0.5) is 0 Å². The molecule has 0 fully saturated rings. The third-order valence-electron chi connectivity index (χ3n) is 1.61. The van der Waals surface area contributed by atoms with Crippen LogP contribution >= 0.6 is 0 Å². The molecule has 5 N–H and O–H groups in total. The van der Waals surface area contributed by atoms with E-state index in [2.05, 4.69) is 10.3 Å². The summed E-state index contributed by atoms with van der Waals surface area (Å²) in [6, 6.07) is -0.989. The number of nitrogens with zero attached hydrogens (tertiary/aromatic N) is 1. The van der Waals surface area contributed by atoms with Crippen molar-refractivity contribution in [2.24, 2.45) is 16.5 Å². The first kappa shape index (κ1) is 13.2. The second kappa shape index (κ2) is 6.63. The molecule has 1 amide bonds. The van der Waals surface area contributed by atoms with Crippen LogP contribution in [0.25, 0.3) is 0 Å². The molecule has 0 unspecified atom stereocenters. The molecule has 0 saturated heterocycles. The first-order valence-corrected chi connectivity index (χ1v) is 4.47. The molecule has 7 heteroatoms. The highest BCUT2D eigenvalue weighted by atomic mass is 16.4. The molecule has 0 saturated carbocycles. The molecule has 15 heavy (non-hydrogen) atoms. The molecule has 0 bridgehead atoms. The molecule has 0 spiro atoms. The van der Waals surface area contributed by atoms with Gasteiger partial charge in [0.2, 0.25) is 5.91 Å². The molecular formula is C8H15N4O3-. The van der Waals surface area contributed by atoms with Crippen LogP contribution in [-0.2, 0) is 9.59 Å². The summed E-state index contributed by atoms with van der Waals surface area (Å²) >= 11 is 0. The summed E-state index contributed by atoms with van der Waals surface area (Å²) in [5, 5.41) is 12.8. The van der Waals surface area contributed by atoms with Crippen molar-refractivity contribution in [1.29, 1.82) is 0 Å². The lowest BCUT2D eigenvalue weighted by Gasteiger charge is -2.17. The van der Waals surface area contributed by atoms with E-state index in [4.69, 9.17) is 11.5 Å². The summed E-state index contributed by atoms with van der Waals surface area (Å²) in [5.74, 6) is -1.76. The minimum atomic E-state index is -1.31. The average molecular weight is 215 g/mol. The van der Waals surface area contributed by atoms with E-state index in [1.54, 1.807) is 0 Å². The monoisotopic (exact) mass is 215 g/mol. The van der Waals surface area contributed by atoms with Gasteiger partial charge in [0.15, 0.2) is 5.96 Å². The fraction of sp³-hybridized carbons (Fsp3) is 0.625. The first-order valence-electron chi connectivity index (χ1n) is 4.47. The molecule has 0 aromatic rings. The minimum absolute atomic E-state index is 0.0421. The largest absolute Gasteiger partial charge is 0.548 e. The Morgan fingerprint density at radius 3 is 2.47 bits per heavy atom. The number of amides is 1. The Morgan fingerprint density at radius 1 is 1.47 bits per heavy atom. The Bertz CT molecular complexity index is 261. The molecular weight excluding hydrogens is 200 g/mol. The zero-order valence-electron chi connectivity index (χ0n) is 8.53. The van der Waals surface area contributed by atoms with Gasteiger partial charge >= 0.3 is 0 Å². The molecule has 0 aromatic carbocycles. The van der Waals surface area contributed by atoms with Crippen molar-refractivity contribution >= 4 is 17.8 Å². The molecule has 1 atom stereocenters. The van der Waals surface area contributed by atoms with E-state index in [1.807, 2.05) is 0 Å². The van der Waals surface area contributed by atoms with Crippen LogP contribution in [0.2, 0.25) is 0 Å². The summed E-state index contributed by atoms with van der Waals surface area (Å²) in [6.45, 7) is 1.57. The second-order valence-electron chi connectivity index (χ2n) is 3.02. The van der Waals surface area contributed by atoms with Gasteiger partial charge in [-0.1, -0.05) is 0 Å². The third-order valence-corrected chi connectivity index (χ3v) is 1.61. The number of carboxylic acids is 1. The highest BCUT2D eigenvalue weighted by Gasteiger charge is 2.09. The van der Waals surface area contributed by atoms with Gasteiger partial charge in [-0.2, -0.15) is 0 Å². The van der Waals surface area contributed by atoms with Crippen molar-refractivity contribution in [1.82, 2.24) is 5.32 Å². The Hall–Kier alpha value is -1.79. The number of nitrogens with one attached hydrogen (secondary N) is 1. The van der Waals surface area contributed by atoms with Crippen molar-refractivity contribution in [3.05, 3.63) is 0 Å². The molecule has 7 nitrogen and oxygen atoms in total. The Kier molecular flexibility index (Phi) is 5.84. The number of nitrogens with two attached hydrogens (primary N) is 2. The number of carbonyl (C=O) groups is 2. The highest BCUT2D eigenvalue weighted by Crippen LogP contribution is 1.97. The predicted molar refractivity (Wildman–Crippen MR) is 52.5 cm³/mol. The fourth-order valence-electron chi connectivity index (χ4n) is 0.998. The number of hydrogen-bond donors (Lipinski definition) is 3. The van der Waals surface area contributed by atoms with E-state index < -0.39 is 17.9 Å². The number of aliphatic carboxylic acids is 1. The molecule has 86 valence electrons. The van der Waals surface area contributed by atoms with Gasteiger partial charge < -0.3 is 26.7 Å². The van der Waals surface area contributed by atoms with Crippen molar-refractivity contribution in [3.8, 4) is 0 Å². The normalized spacial score (nSPS) is 11.5. The molecule has 0 aliphatic heterocycles. The molecule has 0 heterocycles. The summed E-state index contributed by atoms with van der Waals surface area (Å²) < 4.78 is 0. The van der Waals surface area contributed by atoms with E-state index in [0.717, 1.165) is 0 Å². The van der Waals surface area contributed by atoms with Gasteiger partial charge in [0, 0.05) is 13.5 Å². The lowest BCUT2D eigenvalue weighted by Crippen LogP contribution is -2.47. The lowest BCUT2D eigenvalue weighted by atomic mass is 10.1. The number of rotatable bonds is 6. The molecule has 0 aliphatic carbocycles. The molecule has 0 rings (SSSR count). The molecule has 0 aliphatic rings. The van der Waals surface area contributed by atoms with E-state index in [1.165, 1.54) is 6.92 Å². The second-order valence-corrected chi connectivity index (χ2v) is 3.02. The van der Waals surface area contributed by atoms with Crippen molar-refractivity contribution in [2.45, 2.75) is 25.8 Å². The quantitative estimate of drug-likeness (QED) is 0.252. The smallest absolute Gasteiger partial charge is 0.217 e. The van der Waals surface area contributed by atoms with Gasteiger partial charge in [-0.3, -0.25) is 9.79 Å². The number of carboxylic acid groups (broad SMARTS) is 1. The Labute approximate surface area is 87.5 Å². The minimum Gasteiger partial charge on any atom is -0.548 e. The number of aliphatic imine (C=N–C) groups is 1. The van der Waals surface area contributed by atoms with Crippen LogP contribution in [0.15, 0.2) is 4.99 Å². The van der Waals surface area contributed by atoms with Crippen molar-refractivity contribution in [2.75, 3.05) is 6.54 Å². The van der Waals surface area contributed by atoms with Gasteiger partial charge in [0.25, 0.3) is 0 Å². The Balaban J connectivity index is 3.92. The zero-order valence-corrected chi connectivity index (χ0v) is 8.53. The SMILES string of the molecule is CC(=O)N[C@@H](CCCN=C(N)N)C(=O)[O-]. The maximum absolute atomic E-state index is 10.6. The van der Waals surface area contributed by atoms with Gasteiger partial charge in [-0.25, -0.2) is 0 Å². The summed E-state index contributed by atoms with van der Waals surface area (Å²) in [5.41, 5.74) is 10.2. The highest BCUT2D eigenvalue weighted by molar-refractivity contribution is 5.81. The topological polar surface area (TPSA) is 134 Å². The molecule has 0 aromatic heterocycles. The van der Waals surface area contributed by atoms with E-state index in [-0.39, 0.29) is 12.4 Å². The van der Waals surface area contributed by atoms with Crippen LogP contribution in [0.5, 0.6) is 0 Å². The van der Waals surface area contributed by atoms with Gasteiger partial charge in [0.05, 0.1) is 12.0 Å². The number of guanidine groups is 1. The maximum atomic E-state index is 10.6. The van der Waals surface area contributed by atoms with E-state index >= 15 is 0 Å². The van der Waals surface area contributed by atoms with E-state index in [9.17, 15) is 14.7 Å². The standard InChI is InChI=1S/C8H16N4O3/c1-5(13)12-6(7(14)15)3-2-4-11-8(9)10/h6H,2-4H2,1H3,(H,12,13)(H,14,15)(H4,9,10,11)/p-1/t6-/m0/s1. The summed E-state index contributed by atoms with van der Waals surface area (Å²) in [4.78, 5) is 24.9. The van der Waals surface area contributed by atoms with Crippen molar-refractivity contribution < 1.29 is 14.7 Å². The number of carbonyl (C=O) groups excluding carboxylic acids is 2. The maximum Gasteiger partial charge on any atom is 0.217 e. The van der Waals surface area contributed by atoms with Crippen LogP contribution in [0.3, 0.4) is 0 Å². The van der Waals surface area contributed by atoms with Crippen molar-refractivity contribution in [3.63, 3.8) is 0 Å². The third kappa shape index (κ3) is 7.29. The Morgan fingerprint density at radius 2 is 2.07 bits per heavy atom. The van der Waals surface area contributed by atoms with E-state index in [0.29, 0.717) is 13.0 Å². The fourth-order valence-corrected chi connectivity index (χ4v) is 0.998. The molecule has 0 radical (unpaired) electrons.